The van der Waals surface area contributed by atoms with E-state index >= 15 is 0 Å². The third kappa shape index (κ3) is 7.54. The SMILES string of the molecule is O=C(CC(NC(=O)c1ccccc1Cl)c1ccccc1)Nc1cccc(OCC(F)(F)F)c1. The van der Waals surface area contributed by atoms with Gasteiger partial charge in [-0.25, -0.2) is 0 Å². The second-order valence-electron chi connectivity index (χ2n) is 7.10. The van der Waals surface area contributed by atoms with Crippen LogP contribution in [0.15, 0.2) is 78.9 Å². The van der Waals surface area contributed by atoms with Crippen molar-refractivity contribution >= 4 is 29.1 Å². The van der Waals surface area contributed by atoms with Gasteiger partial charge in [0.2, 0.25) is 5.91 Å². The summed E-state index contributed by atoms with van der Waals surface area (Å²) in [7, 11) is 0. The van der Waals surface area contributed by atoms with Gasteiger partial charge in [-0.15, -0.1) is 0 Å². The van der Waals surface area contributed by atoms with Crippen LogP contribution in [-0.4, -0.2) is 24.6 Å². The Morgan fingerprint density at radius 2 is 1.64 bits per heavy atom. The van der Waals surface area contributed by atoms with Crippen molar-refractivity contribution < 1.29 is 27.5 Å². The van der Waals surface area contributed by atoms with Crippen molar-refractivity contribution in [1.29, 1.82) is 0 Å². The molecule has 0 fully saturated rings. The van der Waals surface area contributed by atoms with E-state index in [4.69, 9.17) is 16.3 Å². The Morgan fingerprint density at radius 3 is 2.33 bits per heavy atom. The zero-order chi connectivity index (χ0) is 23.8. The second-order valence-corrected chi connectivity index (χ2v) is 7.51. The molecule has 2 amide bonds. The van der Waals surface area contributed by atoms with E-state index in [-0.39, 0.29) is 28.4 Å². The zero-order valence-electron chi connectivity index (χ0n) is 17.2. The van der Waals surface area contributed by atoms with Crippen LogP contribution >= 0.6 is 11.6 Å². The Labute approximate surface area is 193 Å². The Balaban J connectivity index is 1.71. The van der Waals surface area contributed by atoms with Crippen LogP contribution in [0, 0.1) is 0 Å². The Kier molecular flexibility index (Phi) is 7.95. The topological polar surface area (TPSA) is 67.4 Å². The molecule has 0 aliphatic carbocycles. The number of nitrogens with one attached hydrogen (secondary N) is 2. The highest BCUT2D eigenvalue weighted by Gasteiger charge is 2.28. The van der Waals surface area contributed by atoms with Gasteiger partial charge in [0.15, 0.2) is 6.61 Å². The summed E-state index contributed by atoms with van der Waals surface area (Å²) in [5.41, 5.74) is 1.24. The lowest BCUT2D eigenvalue weighted by atomic mass is 10.0. The molecule has 1 atom stereocenters. The van der Waals surface area contributed by atoms with Crippen molar-refractivity contribution in [2.24, 2.45) is 0 Å². The summed E-state index contributed by atoms with van der Waals surface area (Å²) in [6.07, 6.45) is -4.59. The highest BCUT2D eigenvalue weighted by Crippen LogP contribution is 2.24. The average molecular weight is 477 g/mol. The maximum absolute atomic E-state index is 12.8. The number of amides is 2. The van der Waals surface area contributed by atoms with E-state index in [2.05, 4.69) is 10.6 Å². The first-order valence-corrected chi connectivity index (χ1v) is 10.3. The molecule has 3 aromatic carbocycles. The first-order chi connectivity index (χ1) is 15.7. The molecule has 0 aliphatic heterocycles. The molecule has 0 bridgehead atoms. The normalized spacial score (nSPS) is 12.0. The first-order valence-electron chi connectivity index (χ1n) is 9.91. The number of halogens is 4. The molecule has 0 saturated carbocycles. The summed E-state index contributed by atoms with van der Waals surface area (Å²) in [5, 5.41) is 5.73. The lowest BCUT2D eigenvalue weighted by Gasteiger charge is -2.19. The Morgan fingerprint density at radius 1 is 0.939 bits per heavy atom. The van der Waals surface area contributed by atoms with Crippen molar-refractivity contribution in [2.45, 2.75) is 18.6 Å². The molecule has 172 valence electrons. The summed E-state index contributed by atoms with van der Waals surface area (Å²) in [4.78, 5) is 25.5. The molecule has 0 saturated heterocycles. The average Bonchev–Trinajstić information content (AvgIpc) is 2.78. The summed E-state index contributed by atoms with van der Waals surface area (Å²) in [6, 6.07) is 20.4. The molecular formula is C24H20ClF3N2O3. The van der Waals surface area contributed by atoms with Crippen LogP contribution in [0.5, 0.6) is 5.75 Å². The molecule has 2 N–H and O–H groups in total. The number of carbonyl (C=O) groups is 2. The number of benzene rings is 3. The van der Waals surface area contributed by atoms with Crippen molar-refractivity contribution in [2.75, 3.05) is 11.9 Å². The van der Waals surface area contributed by atoms with Crippen LogP contribution in [0.4, 0.5) is 18.9 Å². The van der Waals surface area contributed by atoms with E-state index in [1.54, 1.807) is 48.5 Å². The third-order valence-electron chi connectivity index (χ3n) is 4.54. The zero-order valence-corrected chi connectivity index (χ0v) is 18.0. The van der Waals surface area contributed by atoms with Crippen LogP contribution in [0.25, 0.3) is 0 Å². The molecule has 33 heavy (non-hydrogen) atoms. The van der Waals surface area contributed by atoms with Gasteiger partial charge in [-0.2, -0.15) is 13.2 Å². The summed E-state index contributed by atoms with van der Waals surface area (Å²) >= 11 is 6.11. The van der Waals surface area contributed by atoms with Crippen molar-refractivity contribution in [3.8, 4) is 5.75 Å². The molecule has 0 heterocycles. The minimum absolute atomic E-state index is 0.0308. The summed E-state index contributed by atoms with van der Waals surface area (Å²) in [5.74, 6) is -0.919. The van der Waals surface area contributed by atoms with Crippen LogP contribution in [0.1, 0.15) is 28.4 Å². The smallest absolute Gasteiger partial charge is 0.422 e. The molecule has 0 spiro atoms. The lowest BCUT2D eigenvalue weighted by Crippen LogP contribution is -2.31. The van der Waals surface area contributed by atoms with Crippen molar-refractivity contribution in [3.05, 3.63) is 95.0 Å². The van der Waals surface area contributed by atoms with Gasteiger partial charge in [0.05, 0.1) is 23.0 Å². The van der Waals surface area contributed by atoms with Gasteiger partial charge in [-0.05, 0) is 29.8 Å². The highest BCUT2D eigenvalue weighted by molar-refractivity contribution is 6.33. The van der Waals surface area contributed by atoms with Crippen molar-refractivity contribution in [3.63, 3.8) is 0 Å². The van der Waals surface area contributed by atoms with E-state index in [9.17, 15) is 22.8 Å². The van der Waals surface area contributed by atoms with Gasteiger partial charge in [0, 0.05) is 11.8 Å². The minimum atomic E-state index is -4.47. The van der Waals surface area contributed by atoms with Gasteiger partial charge >= 0.3 is 6.18 Å². The number of alkyl halides is 3. The van der Waals surface area contributed by atoms with Gasteiger partial charge in [-0.1, -0.05) is 60.1 Å². The molecule has 0 aromatic heterocycles. The monoisotopic (exact) mass is 476 g/mol. The fraction of sp³-hybridized carbons (Fsp3) is 0.167. The van der Waals surface area contributed by atoms with E-state index in [0.717, 1.165) is 0 Å². The van der Waals surface area contributed by atoms with Gasteiger partial charge in [-0.3, -0.25) is 9.59 Å². The predicted octanol–water partition coefficient (Wildman–Crippen LogP) is 5.78. The van der Waals surface area contributed by atoms with E-state index in [1.165, 1.54) is 24.3 Å². The predicted molar refractivity (Wildman–Crippen MR) is 119 cm³/mol. The summed E-state index contributed by atoms with van der Waals surface area (Å²) in [6.45, 7) is -1.44. The molecule has 9 heteroatoms. The fourth-order valence-electron chi connectivity index (χ4n) is 3.05. The molecule has 0 radical (unpaired) electrons. The number of carbonyl (C=O) groups excluding carboxylic acids is 2. The molecule has 5 nitrogen and oxygen atoms in total. The number of hydrogen-bond donors (Lipinski definition) is 2. The van der Waals surface area contributed by atoms with E-state index in [1.807, 2.05) is 6.07 Å². The van der Waals surface area contributed by atoms with Crippen LogP contribution in [0.3, 0.4) is 0 Å². The molecule has 1 unspecified atom stereocenters. The number of hydrogen-bond acceptors (Lipinski definition) is 3. The largest absolute Gasteiger partial charge is 0.484 e. The minimum Gasteiger partial charge on any atom is -0.484 e. The van der Waals surface area contributed by atoms with E-state index in [0.29, 0.717) is 5.56 Å². The summed E-state index contributed by atoms with van der Waals surface area (Å²) < 4.78 is 41.8. The highest BCUT2D eigenvalue weighted by atomic mass is 35.5. The fourth-order valence-corrected chi connectivity index (χ4v) is 3.27. The molecule has 0 aliphatic rings. The van der Waals surface area contributed by atoms with Gasteiger partial charge in [0.25, 0.3) is 5.91 Å². The Hall–Kier alpha value is -3.52. The maximum Gasteiger partial charge on any atom is 0.422 e. The van der Waals surface area contributed by atoms with Crippen LogP contribution < -0.4 is 15.4 Å². The number of anilines is 1. The van der Waals surface area contributed by atoms with Gasteiger partial charge < -0.3 is 15.4 Å². The van der Waals surface area contributed by atoms with E-state index < -0.39 is 30.6 Å². The third-order valence-corrected chi connectivity index (χ3v) is 4.87. The Bertz CT molecular complexity index is 1110. The first kappa shape index (κ1) is 24.1. The van der Waals surface area contributed by atoms with Crippen molar-refractivity contribution in [1.82, 2.24) is 5.32 Å². The molecular weight excluding hydrogens is 457 g/mol. The lowest BCUT2D eigenvalue weighted by molar-refractivity contribution is -0.153. The second kappa shape index (κ2) is 10.9. The number of rotatable bonds is 8. The maximum atomic E-state index is 12.8. The standard InChI is InChI=1S/C24H20ClF3N2O3/c25-20-12-5-4-11-19(20)23(32)30-21(16-7-2-1-3-8-16)14-22(31)29-17-9-6-10-18(13-17)33-15-24(26,27)28/h1-13,21H,14-15H2,(H,29,31)(H,30,32). The van der Waals surface area contributed by atoms with Crippen LogP contribution in [-0.2, 0) is 4.79 Å². The molecule has 3 aromatic rings. The van der Waals surface area contributed by atoms with Gasteiger partial charge in [0.1, 0.15) is 5.75 Å². The molecule has 3 rings (SSSR count). The van der Waals surface area contributed by atoms with Crippen LogP contribution in [0.2, 0.25) is 5.02 Å². The number of ether oxygens (including phenoxy) is 1. The quantitative estimate of drug-likeness (QED) is 0.433.